The second-order valence-corrected chi connectivity index (χ2v) is 3.35. The zero-order valence-electron chi connectivity index (χ0n) is 5.76. The van der Waals surface area contributed by atoms with Crippen molar-refractivity contribution in [2.75, 3.05) is 17.6 Å². The minimum atomic E-state index is -0.130. The number of rotatable bonds is 0. The molecule has 0 spiro atoms. The number of nitrogens with one attached hydrogen (secondary N) is 2. The van der Waals surface area contributed by atoms with Crippen LogP contribution >= 0.6 is 11.8 Å². The Kier molecular flexibility index (Phi) is 1.58. The zero-order valence-corrected chi connectivity index (χ0v) is 6.57. The van der Waals surface area contributed by atoms with Gasteiger partial charge in [-0.3, -0.25) is 4.79 Å². The van der Waals surface area contributed by atoms with Crippen LogP contribution in [0.3, 0.4) is 0 Å². The monoisotopic (exact) mass is 169 g/mol. The second kappa shape index (κ2) is 2.58. The van der Waals surface area contributed by atoms with Crippen LogP contribution in [0.15, 0.2) is 15.9 Å². The number of aromatic nitrogens is 2. The molecule has 0 atom stereocenters. The van der Waals surface area contributed by atoms with Gasteiger partial charge >= 0.3 is 0 Å². The first-order chi connectivity index (χ1) is 5.38. The first kappa shape index (κ1) is 6.72. The van der Waals surface area contributed by atoms with Gasteiger partial charge < -0.3 is 5.32 Å². The Morgan fingerprint density at radius 3 is 3.36 bits per heavy atom. The molecule has 2 heterocycles. The maximum absolute atomic E-state index is 11.1. The third-order valence-electron chi connectivity index (χ3n) is 1.48. The van der Waals surface area contributed by atoms with E-state index in [1.165, 1.54) is 0 Å². The number of hydrogen-bond donors (Lipinski definition) is 2. The Labute approximate surface area is 67.4 Å². The van der Waals surface area contributed by atoms with Crippen LogP contribution in [-0.4, -0.2) is 22.5 Å². The number of H-pyrrole nitrogens is 1. The molecule has 0 amide bonds. The molecule has 1 aromatic heterocycles. The van der Waals surface area contributed by atoms with Crippen molar-refractivity contribution in [3.8, 4) is 0 Å². The Morgan fingerprint density at radius 2 is 2.55 bits per heavy atom. The van der Waals surface area contributed by atoms with Gasteiger partial charge in [0.15, 0.2) is 0 Å². The number of nitrogens with zero attached hydrogens (tertiary/aromatic N) is 1. The molecule has 11 heavy (non-hydrogen) atoms. The van der Waals surface area contributed by atoms with Crippen molar-refractivity contribution in [3.05, 3.63) is 16.6 Å². The highest BCUT2D eigenvalue weighted by molar-refractivity contribution is 7.99. The number of aromatic amines is 1. The molecule has 0 fully saturated rings. The van der Waals surface area contributed by atoms with E-state index in [4.69, 9.17) is 0 Å². The molecular weight excluding hydrogens is 162 g/mol. The summed E-state index contributed by atoms with van der Waals surface area (Å²) < 4.78 is 0. The maximum Gasteiger partial charge on any atom is 0.288 e. The third kappa shape index (κ3) is 1.11. The smallest absolute Gasteiger partial charge is 0.288 e. The molecule has 0 unspecified atom stereocenters. The molecule has 4 nitrogen and oxygen atoms in total. The van der Waals surface area contributed by atoms with E-state index < -0.39 is 0 Å². The molecule has 0 saturated carbocycles. The minimum absolute atomic E-state index is 0.130. The van der Waals surface area contributed by atoms with Crippen LogP contribution in [0.4, 0.5) is 5.69 Å². The Bertz CT molecular complexity index is 322. The van der Waals surface area contributed by atoms with Gasteiger partial charge in [-0.25, -0.2) is 5.10 Å². The van der Waals surface area contributed by atoms with Crippen molar-refractivity contribution in [2.45, 2.75) is 4.90 Å². The van der Waals surface area contributed by atoms with Gasteiger partial charge in [-0.1, -0.05) is 0 Å². The van der Waals surface area contributed by atoms with Gasteiger partial charge in [0.25, 0.3) is 5.56 Å². The molecule has 1 aliphatic rings. The molecule has 1 aliphatic heterocycles. The Hall–Kier alpha value is -0.970. The highest BCUT2D eigenvalue weighted by Gasteiger charge is 2.11. The van der Waals surface area contributed by atoms with E-state index in [0.717, 1.165) is 17.2 Å². The van der Waals surface area contributed by atoms with Gasteiger partial charge in [-0.05, 0) is 0 Å². The highest BCUT2D eigenvalue weighted by atomic mass is 32.2. The van der Waals surface area contributed by atoms with Crippen LogP contribution in [0.25, 0.3) is 0 Å². The molecule has 1 aromatic rings. The zero-order chi connectivity index (χ0) is 7.68. The molecular formula is C6H7N3OS. The molecule has 2 N–H and O–H groups in total. The number of thioether (sulfide) groups is 1. The fraction of sp³-hybridized carbons (Fsp3) is 0.333. The van der Waals surface area contributed by atoms with E-state index in [1.54, 1.807) is 18.0 Å². The lowest BCUT2D eigenvalue weighted by Crippen LogP contribution is -2.21. The molecule has 0 radical (unpaired) electrons. The molecule has 5 heteroatoms. The van der Waals surface area contributed by atoms with E-state index in [-0.39, 0.29) is 5.56 Å². The SMILES string of the molecule is O=c1[nH]ncc2c1NCCS2. The molecule has 0 aromatic carbocycles. The lowest BCUT2D eigenvalue weighted by Gasteiger charge is -2.14. The van der Waals surface area contributed by atoms with E-state index in [2.05, 4.69) is 15.5 Å². The average molecular weight is 169 g/mol. The molecule has 0 bridgehead atoms. The standard InChI is InChI=1S/C6H7N3OS/c10-6-5-4(3-8-9-6)11-2-1-7-5/h3,7H,1-2H2,(H,9,10). The number of anilines is 1. The van der Waals surface area contributed by atoms with Crippen molar-refractivity contribution in [1.82, 2.24) is 10.2 Å². The van der Waals surface area contributed by atoms with E-state index in [1.807, 2.05) is 0 Å². The first-order valence-corrected chi connectivity index (χ1v) is 4.31. The molecule has 0 saturated heterocycles. The van der Waals surface area contributed by atoms with Crippen molar-refractivity contribution < 1.29 is 0 Å². The topological polar surface area (TPSA) is 57.8 Å². The predicted molar refractivity (Wildman–Crippen MR) is 44.1 cm³/mol. The van der Waals surface area contributed by atoms with Crippen molar-refractivity contribution >= 4 is 17.4 Å². The van der Waals surface area contributed by atoms with E-state index in [9.17, 15) is 4.79 Å². The van der Waals surface area contributed by atoms with Gasteiger partial charge in [-0.15, -0.1) is 11.8 Å². The largest absolute Gasteiger partial charge is 0.379 e. The van der Waals surface area contributed by atoms with Crippen molar-refractivity contribution in [1.29, 1.82) is 0 Å². The third-order valence-corrected chi connectivity index (χ3v) is 2.51. The summed E-state index contributed by atoms with van der Waals surface area (Å²) in [6.45, 7) is 0.852. The van der Waals surface area contributed by atoms with E-state index >= 15 is 0 Å². The van der Waals surface area contributed by atoms with Gasteiger partial charge in [0.1, 0.15) is 5.69 Å². The lowest BCUT2D eigenvalue weighted by molar-refractivity contribution is 0.945. The first-order valence-electron chi connectivity index (χ1n) is 3.32. The second-order valence-electron chi connectivity index (χ2n) is 2.21. The van der Waals surface area contributed by atoms with Crippen molar-refractivity contribution in [2.24, 2.45) is 0 Å². The quantitative estimate of drug-likeness (QED) is 0.586. The summed E-state index contributed by atoms with van der Waals surface area (Å²) in [5.41, 5.74) is 0.533. The molecule has 2 rings (SSSR count). The van der Waals surface area contributed by atoms with Crippen LogP contribution in [-0.2, 0) is 0 Å². The summed E-state index contributed by atoms with van der Waals surface area (Å²) in [6.07, 6.45) is 1.67. The van der Waals surface area contributed by atoms with Crippen LogP contribution < -0.4 is 10.9 Å². The van der Waals surface area contributed by atoms with Gasteiger partial charge in [0, 0.05) is 12.3 Å². The van der Waals surface area contributed by atoms with Crippen LogP contribution in [0.2, 0.25) is 0 Å². The van der Waals surface area contributed by atoms with Gasteiger partial charge in [0.05, 0.1) is 11.1 Å². The van der Waals surface area contributed by atoms with Gasteiger partial charge in [-0.2, -0.15) is 5.10 Å². The lowest BCUT2D eigenvalue weighted by atomic mass is 10.4. The summed E-state index contributed by atoms with van der Waals surface area (Å²) in [4.78, 5) is 12.0. The minimum Gasteiger partial charge on any atom is -0.379 e. The van der Waals surface area contributed by atoms with Crippen LogP contribution in [0.1, 0.15) is 0 Å². The summed E-state index contributed by atoms with van der Waals surface area (Å²) in [6, 6.07) is 0. The summed E-state index contributed by atoms with van der Waals surface area (Å²) in [5.74, 6) is 0.998. The summed E-state index contributed by atoms with van der Waals surface area (Å²) >= 11 is 1.66. The highest BCUT2D eigenvalue weighted by Crippen LogP contribution is 2.25. The van der Waals surface area contributed by atoms with Crippen LogP contribution in [0, 0.1) is 0 Å². The summed E-state index contributed by atoms with van der Waals surface area (Å²) in [7, 11) is 0. The van der Waals surface area contributed by atoms with Crippen LogP contribution in [0.5, 0.6) is 0 Å². The maximum atomic E-state index is 11.1. The van der Waals surface area contributed by atoms with Gasteiger partial charge in [0.2, 0.25) is 0 Å². The number of hydrogen-bond acceptors (Lipinski definition) is 4. The summed E-state index contributed by atoms with van der Waals surface area (Å²) in [5, 5.41) is 9.10. The number of fused-ring (bicyclic) bond motifs is 1. The normalized spacial score (nSPS) is 15.3. The fourth-order valence-corrected chi connectivity index (χ4v) is 1.86. The fourth-order valence-electron chi connectivity index (χ4n) is 0.996. The predicted octanol–water partition coefficient (Wildman–Crippen LogP) is 0.287. The van der Waals surface area contributed by atoms with Crippen molar-refractivity contribution in [3.63, 3.8) is 0 Å². The Morgan fingerprint density at radius 1 is 1.64 bits per heavy atom. The molecule has 58 valence electrons. The van der Waals surface area contributed by atoms with E-state index in [0.29, 0.717) is 5.69 Å². The average Bonchev–Trinajstić information content (AvgIpc) is 2.06. The Balaban J connectivity index is 2.58. The molecule has 0 aliphatic carbocycles.